The van der Waals surface area contributed by atoms with Crippen LogP contribution in [0.15, 0.2) is 47.6 Å². The fourth-order valence-electron chi connectivity index (χ4n) is 3.86. The van der Waals surface area contributed by atoms with E-state index < -0.39 is 28.0 Å². The highest BCUT2D eigenvalue weighted by molar-refractivity contribution is 7.89. The lowest BCUT2D eigenvalue weighted by Gasteiger charge is -2.24. The quantitative estimate of drug-likeness (QED) is 0.580. The first-order chi connectivity index (χ1) is 16.3. The Morgan fingerprint density at radius 3 is 2.65 bits per heavy atom. The molecule has 2 aliphatic rings. The van der Waals surface area contributed by atoms with Crippen molar-refractivity contribution in [3.8, 4) is 0 Å². The number of ether oxygens (including phenoxy) is 1. The zero-order valence-corrected chi connectivity index (χ0v) is 19.4. The highest BCUT2D eigenvalue weighted by atomic mass is 32.2. The summed E-state index contributed by atoms with van der Waals surface area (Å²) in [6.45, 7) is 2.25. The number of carbonyl (C=O) groups is 2. The van der Waals surface area contributed by atoms with E-state index in [1.165, 1.54) is 42.4 Å². The Morgan fingerprint density at radius 1 is 1.18 bits per heavy atom. The second-order valence-corrected chi connectivity index (χ2v) is 9.86. The van der Waals surface area contributed by atoms with Gasteiger partial charge in [-0.2, -0.15) is 0 Å². The lowest BCUT2D eigenvalue weighted by atomic mass is 10.1. The number of amides is 1. The Morgan fingerprint density at radius 2 is 1.94 bits per heavy atom. The van der Waals surface area contributed by atoms with E-state index in [4.69, 9.17) is 9.57 Å². The minimum absolute atomic E-state index is 0.00211. The molecular formula is C22H25FN4O6S. The van der Waals surface area contributed by atoms with Gasteiger partial charge in [0.15, 0.2) is 0 Å². The number of hydrogen-bond donors (Lipinski definition) is 0. The number of carbonyl (C=O) groups excluding carboxylic acids is 2. The zero-order chi connectivity index (χ0) is 24.3. The maximum absolute atomic E-state index is 15.1. The van der Waals surface area contributed by atoms with Crippen molar-refractivity contribution in [1.82, 2.24) is 9.45 Å². The molecule has 10 nitrogen and oxygen atoms in total. The third kappa shape index (κ3) is 5.18. The maximum atomic E-state index is 15.1. The number of hydroxylamine groups is 1. The summed E-state index contributed by atoms with van der Waals surface area (Å²) in [5, 5.41) is 0. The van der Waals surface area contributed by atoms with Crippen molar-refractivity contribution in [3.63, 3.8) is 0 Å². The van der Waals surface area contributed by atoms with Crippen LogP contribution in [0.4, 0.5) is 20.6 Å². The molecule has 0 saturated carbocycles. The first-order valence-corrected chi connectivity index (χ1v) is 12.3. The molecule has 2 aromatic rings. The summed E-state index contributed by atoms with van der Waals surface area (Å²) in [6, 6.07) is 7.18. The van der Waals surface area contributed by atoms with Gasteiger partial charge in [-0.3, -0.25) is 14.7 Å². The standard InChI is InChI=1S/C22H25FN4O6S/c1-16(28)2-4-18-15-26(22(29)33-18)17-3-5-21(20(23)14-17)25-10-11-27(32-13-12-25)34(30,31)19-6-8-24-9-7-19/h3,5-9,14,18H,2,4,10-13,15H2,1H3/t18-/m0/s1. The molecule has 0 aliphatic carbocycles. The van der Waals surface area contributed by atoms with Gasteiger partial charge in [0, 0.05) is 31.9 Å². The van der Waals surface area contributed by atoms with Crippen molar-refractivity contribution in [2.45, 2.75) is 30.8 Å². The number of nitrogens with zero attached hydrogens (tertiary/aromatic N) is 4. The van der Waals surface area contributed by atoms with Crippen molar-refractivity contribution in [1.29, 1.82) is 0 Å². The van der Waals surface area contributed by atoms with Gasteiger partial charge in [-0.15, -0.1) is 0 Å². The van der Waals surface area contributed by atoms with Gasteiger partial charge in [0.05, 0.1) is 36.0 Å². The van der Waals surface area contributed by atoms with Gasteiger partial charge in [0.25, 0.3) is 10.0 Å². The van der Waals surface area contributed by atoms with Crippen LogP contribution in [0, 0.1) is 5.82 Å². The number of Topliss-reactive ketones (excluding diaryl/α,β-unsaturated/α-hetero) is 1. The van der Waals surface area contributed by atoms with Crippen LogP contribution in [-0.2, 0) is 24.4 Å². The molecule has 1 atom stereocenters. The number of ketones is 1. The summed E-state index contributed by atoms with van der Waals surface area (Å²) in [4.78, 5) is 35.8. The number of sulfonamides is 1. The van der Waals surface area contributed by atoms with Crippen LogP contribution in [0.2, 0.25) is 0 Å². The Bertz CT molecular complexity index is 1160. The molecule has 0 radical (unpaired) electrons. The van der Waals surface area contributed by atoms with Crippen LogP contribution in [0.25, 0.3) is 0 Å². The molecule has 0 spiro atoms. The average molecular weight is 493 g/mol. The minimum atomic E-state index is -3.87. The average Bonchev–Trinajstić information content (AvgIpc) is 3.02. The Balaban J connectivity index is 1.43. The van der Waals surface area contributed by atoms with Gasteiger partial charge in [0.2, 0.25) is 0 Å². The molecular weight excluding hydrogens is 467 g/mol. The zero-order valence-electron chi connectivity index (χ0n) is 18.6. The SMILES string of the molecule is CC(=O)CC[C@H]1CN(c2ccc(N3CCON(S(=O)(=O)c4ccncc4)CC3)c(F)c2)C(=O)O1. The molecule has 2 saturated heterocycles. The lowest BCUT2D eigenvalue weighted by molar-refractivity contribution is -0.117. The van der Waals surface area contributed by atoms with Crippen molar-refractivity contribution < 1.29 is 32.0 Å². The van der Waals surface area contributed by atoms with Gasteiger partial charge in [-0.25, -0.2) is 17.6 Å². The molecule has 1 amide bonds. The van der Waals surface area contributed by atoms with Crippen LogP contribution in [-0.4, -0.2) is 68.6 Å². The highest BCUT2D eigenvalue weighted by Gasteiger charge is 2.33. The monoisotopic (exact) mass is 492 g/mol. The molecule has 2 fully saturated rings. The second kappa shape index (κ2) is 10.0. The Labute approximate surface area is 196 Å². The van der Waals surface area contributed by atoms with Crippen LogP contribution >= 0.6 is 0 Å². The summed E-state index contributed by atoms with van der Waals surface area (Å²) in [7, 11) is -3.87. The fourth-order valence-corrected chi connectivity index (χ4v) is 5.09. The summed E-state index contributed by atoms with van der Waals surface area (Å²) >= 11 is 0. The van der Waals surface area contributed by atoms with Gasteiger partial charge < -0.3 is 14.4 Å². The summed E-state index contributed by atoms with van der Waals surface area (Å²) in [5.41, 5.74) is 0.626. The number of halogens is 1. The number of rotatable bonds is 7. The van der Waals surface area contributed by atoms with Crippen molar-refractivity contribution in [2.24, 2.45) is 0 Å². The number of aromatic nitrogens is 1. The molecule has 0 bridgehead atoms. The van der Waals surface area contributed by atoms with Crippen molar-refractivity contribution >= 4 is 33.3 Å². The smallest absolute Gasteiger partial charge is 0.414 e. The first-order valence-electron chi connectivity index (χ1n) is 10.8. The third-order valence-corrected chi connectivity index (χ3v) is 7.33. The van der Waals surface area contributed by atoms with E-state index in [0.29, 0.717) is 18.5 Å². The molecule has 34 heavy (non-hydrogen) atoms. The Kier molecular flexibility index (Phi) is 7.10. The van der Waals surface area contributed by atoms with Gasteiger partial charge in [-0.1, -0.05) is 4.47 Å². The van der Waals surface area contributed by atoms with Crippen LogP contribution in [0.3, 0.4) is 0 Å². The van der Waals surface area contributed by atoms with Gasteiger partial charge in [-0.05, 0) is 43.7 Å². The number of anilines is 2. The molecule has 12 heteroatoms. The predicted octanol–water partition coefficient (Wildman–Crippen LogP) is 2.36. The summed E-state index contributed by atoms with van der Waals surface area (Å²) in [5.74, 6) is -0.540. The summed E-state index contributed by atoms with van der Waals surface area (Å²) < 4.78 is 46.8. The highest BCUT2D eigenvalue weighted by Crippen LogP contribution is 2.29. The van der Waals surface area contributed by atoms with Crippen LogP contribution < -0.4 is 9.80 Å². The normalized spacial score (nSPS) is 19.7. The molecule has 1 aromatic heterocycles. The molecule has 4 rings (SSSR count). The van der Waals surface area contributed by atoms with Gasteiger partial charge in [0.1, 0.15) is 17.7 Å². The molecule has 0 N–H and O–H groups in total. The predicted molar refractivity (Wildman–Crippen MR) is 120 cm³/mol. The van der Waals surface area contributed by atoms with Crippen LogP contribution in [0.1, 0.15) is 19.8 Å². The van der Waals surface area contributed by atoms with E-state index in [9.17, 15) is 18.0 Å². The molecule has 3 heterocycles. The Hall–Kier alpha value is -3.09. The first kappa shape index (κ1) is 24.0. The van der Waals surface area contributed by atoms with E-state index in [0.717, 1.165) is 4.47 Å². The molecule has 2 aliphatic heterocycles. The van der Waals surface area contributed by atoms with E-state index in [1.807, 2.05) is 0 Å². The van der Waals surface area contributed by atoms with Crippen LogP contribution in [0.5, 0.6) is 0 Å². The number of hydrogen-bond acceptors (Lipinski definition) is 8. The minimum Gasteiger partial charge on any atom is -0.444 e. The lowest BCUT2D eigenvalue weighted by Crippen LogP contribution is -2.34. The second-order valence-electron chi connectivity index (χ2n) is 8.03. The van der Waals surface area contributed by atoms with E-state index >= 15 is 4.39 Å². The molecule has 1 aromatic carbocycles. The number of benzene rings is 1. The van der Waals surface area contributed by atoms with E-state index in [1.54, 1.807) is 17.0 Å². The molecule has 182 valence electrons. The number of pyridine rings is 1. The van der Waals surface area contributed by atoms with E-state index in [2.05, 4.69) is 4.98 Å². The van der Waals surface area contributed by atoms with Crippen molar-refractivity contribution in [3.05, 3.63) is 48.5 Å². The molecule has 0 unspecified atom stereocenters. The van der Waals surface area contributed by atoms with Gasteiger partial charge >= 0.3 is 6.09 Å². The van der Waals surface area contributed by atoms with E-state index in [-0.39, 0.29) is 49.2 Å². The third-order valence-electron chi connectivity index (χ3n) is 5.64. The number of cyclic esters (lactones) is 1. The van der Waals surface area contributed by atoms with Crippen molar-refractivity contribution in [2.75, 3.05) is 42.6 Å². The maximum Gasteiger partial charge on any atom is 0.414 e. The summed E-state index contributed by atoms with van der Waals surface area (Å²) in [6.07, 6.45) is 2.50. The largest absolute Gasteiger partial charge is 0.444 e. The topological polar surface area (TPSA) is 109 Å². The fraction of sp³-hybridized carbons (Fsp3) is 0.409.